The van der Waals surface area contributed by atoms with Crippen molar-refractivity contribution in [3.63, 3.8) is 0 Å². The average molecular weight is 435 g/mol. The Labute approximate surface area is 199 Å². The molecule has 4 aliphatic rings. The van der Waals surface area contributed by atoms with E-state index in [1.807, 2.05) is 0 Å². The first kappa shape index (κ1) is 24.1. The van der Waals surface area contributed by atoms with Gasteiger partial charge in [-0.3, -0.25) is 0 Å². The molecule has 178 valence electrons. The predicted octanol–water partition coefficient (Wildman–Crippen LogP) is 9.41. The summed E-state index contributed by atoms with van der Waals surface area (Å²) in [6, 6.07) is 0. The van der Waals surface area contributed by atoms with Crippen molar-refractivity contribution < 1.29 is 0 Å². The van der Waals surface area contributed by atoms with E-state index < -0.39 is 0 Å². The normalized spacial score (nSPS) is 44.6. The lowest BCUT2D eigenvalue weighted by molar-refractivity contribution is 0.237. The molecule has 4 aliphatic carbocycles. The average Bonchev–Trinajstić information content (AvgIpc) is 3.16. The molecule has 2 fully saturated rings. The Morgan fingerprint density at radius 1 is 0.375 bits per heavy atom. The van der Waals surface area contributed by atoms with E-state index in [0.29, 0.717) is 0 Å². The summed E-state index contributed by atoms with van der Waals surface area (Å²) in [5, 5.41) is 0. The van der Waals surface area contributed by atoms with E-state index in [-0.39, 0.29) is 0 Å². The first-order valence-electron chi connectivity index (χ1n) is 13.6. The van der Waals surface area contributed by atoms with Crippen molar-refractivity contribution in [2.75, 3.05) is 0 Å². The minimum Gasteiger partial charge on any atom is -0.0661 e. The van der Waals surface area contributed by atoms with Gasteiger partial charge in [0, 0.05) is 0 Å². The second kappa shape index (κ2) is 8.32. The maximum atomic E-state index is 2.58. The van der Waals surface area contributed by atoms with Gasteiger partial charge in [0.1, 0.15) is 0 Å². The van der Waals surface area contributed by atoms with Gasteiger partial charge in [-0.15, -0.1) is 0 Å². The Bertz CT molecular complexity index is 842. The molecule has 0 heteroatoms. The van der Waals surface area contributed by atoms with Gasteiger partial charge in [-0.1, -0.05) is 50.0 Å². The molecule has 0 aromatic heterocycles. The zero-order valence-corrected chi connectivity index (χ0v) is 23.2. The highest BCUT2D eigenvalue weighted by atomic mass is 14.6. The molecule has 0 saturated heterocycles. The van der Waals surface area contributed by atoms with E-state index in [1.165, 1.54) is 12.8 Å². The van der Waals surface area contributed by atoms with Crippen LogP contribution in [0, 0.1) is 59.2 Å². The van der Waals surface area contributed by atoms with Crippen LogP contribution < -0.4 is 0 Å². The van der Waals surface area contributed by atoms with Crippen LogP contribution in [0.4, 0.5) is 0 Å². The molecule has 0 nitrogen and oxygen atoms in total. The SMILES string of the molecule is CC1=C(C)C2C(CCC3C4C(C)=C(C)C(C)=C(C)[C@H]4[C@@H](C)C3C)[C@H](C)[C@H](C)[C@@H]2C(C)=C1C. The van der Waals surface area contributed by atoms with Crippen LogP contribution in [0.1, 0.15) is 95.9 Å². The molecule has 10 atom stereocenters. The van der Waals surface area contributed by atoms with Crippen LogP contribution in [0.25, 0.3) is 0 Å². The van der Waals surface area contributed by atoms with Crippen LogP contribution >= 0.6 is 0 Å². The molecule has 0 spiro atoms. The van der Waals surface area contributed by atoms with E-state index in [2.05, 4.69) is 83.1 Å². The minimum absolute atomic E-state index is 0.776. The maximum absolute atomic E-state index is 2.58. The van der Waals surface area contributed by atoms with Crippen LogP contribution in [0.2, 0.25) is 0 Å². The van der Waals surface area contributed by atoms with Gasteiger partial charge in [0.05, 0.1) is 0 Å². The molecule has 5 unspecified atom stereocenters. The Hall–Kier alpha value is -1.04. The van der Waals surface area contributed by atoms with Crippen molar-refractivity contribution in [1.82, 2.24) is 0 Å². The maximum Gasteiger partial charge on any atom is -0.0101 e. The van der Waals surface area contributed by atoms with E-state index in [0.717, 1.165) is 59.2 Å². The monoisotopic (exact) mass is 434 g/mol. The van der Waals surface area contributed by atoms with Crippen LogP contribution in [-0.2, 0) is 0 Å². The lowest BCUT2D eigenvalue weighted by Gasteiger charge is -2.37. The second-order valence-electron chi connectivity index (χ2n) is 12.7. The summed E-state index contributed by atoms with van der Waals surface area (Å²) in [7, 11) is 0. The predicted molar refractivity (Wildman–Crippen MR) is 140 cm³/mol. The second-order valence-corrected chi connectivity index (χ2v) is 12.7. The zero-order chi connectivity index (χ0) is 23.8. The highest BCUT2D eigenvalue weighted by Gasteiger charge is 2.52. The number of allylic oxidation sites excluding steroid dienone is 8. The number of fused-ring (bicyclic) bond motifs is 2. The molecule has 2 saturated carbocycles. The standard InChI is InChI=1S/C32H50/c1-15-17(3)23(9)31-27(19(5)25(11)29(31)21(15)7)13-14-28-20(6)26(12)30-22(8)16(2)18(4)24(10)32(28)30/h19-20,25-32H,13-14H2,1-12H3/t19-,20?,25+,26+,27?,28?,29+,30+,31?,32?/m1/s1. The largest absolute Gasteiger partial charge is 0.0661 e. The van der Waals surface area contributed by atoms with Gasteiger partial charge in [0.15, 0.2) is 0 Å². The lowest BCUT2D eigenvalue weighted by atomic mass is 9.68. The quantitative estimate of drug-likeness (QED) is 0.415. The summed E-state index contributed by atoms with van der Waals surface area (Å²) in [5.74, 6) is 8.08. The molecule has 0 radical (unpaired) electrons. The van der Waals surface area contributed by atoms with Crippen molar-refractivity contribution >= 4 is 0 Å². The molecule has 0 aliphatic heterocycles. The first-order valence-corrected chi connectivity index (χ1v) is 13.6. The van der Waals surface area contributed by atoms with Crippen LogP contribution in [0.5, 0.6) is 0 Å². The molecule has 0 heterocycles. The molecule has 32 heavy (non-hydrogen) atoms. The summed E-state index contributed by atoms with van der Waals surface area (Å²) in [6.45, 7) is 29.6. The molecule has 4 rings (SSSR count). The third-order valence-corrected chi connectivity index (χ3v) is 12.2. The molecule has 0 aromatic carbocycles. The van der Waals surface area contributed by atoms with Gasteiger partial charge in [0.25, 0.3) is 0 Å². The molecule has 0 amide bonds. The minimum atomic E-state index is 0.776. The van der Waals surface area contributed by atoms with E-state index >= 15 is 0 Å². The highest BCUT2D eigenvalue weighted by Crippen LogP contribution is 2.60. The van der Waals surface area contributed by atoms with Gasteiger partial charge in [-0.25, -0.2) is 0 Å². The Morgan fingerprint density at radius 2 is 0.625 bits per heavy atom. The molecular formula is C32H50. The van der Waals surface area contributed by atoms with Crippen molar-refractivity contribution in [3.8, 4) is 0 Å². The van der Waals surface area contributed by atoms with Crippen LogP contribution in [0.3, 0.4) is 0 Å². The number of hydrogen-bond donors (Lipinski definition) is 0. The molecular weight excluding hydrogens is 384 g/mol. The van der Waals surface area contributed by atoms with Crippen LogP contribution in [0.15, 0.2) is 44.6 Å². The highest BCUT2D eigenvalue weighted by molar-refractivity contribution is 5.45. The smallest absolute Gasteiger partial charge is 0.0101 e. The van der Waals surface area contributed by atoms with Gasteiger partial charge < -0.3 is 0 Å². The summed E-state index contributed by atoms with van der Waals surface area (Å²) < 4.78 is 0. The number of hydrogen-bond acceptors (Lipinski definition) is 0. The summed E-state index contributed by atoms with van der Waals surface area (Å²) in [4.78, 5) is 0. The molecule has 0 bridgehead atoms. The Morgan fingerprint density at radius 3 is 0.906 bits per heavy atom. The lowest BCUT2D eigenvalue weighted by Crippen LogP contribution is -2.27. The summed E-state index contributed by atoms with van der Waals surface area (Å²) >= 11 is 0. The fourth-order valence-electron chi connectivity index (χ4n) is 9.24. The van der Waals surface area contributed by atoms with Crippen molar-refractivity contribution in [1.29, 1.82) is 0 Å². The first-order chi connectivity index (χ1) is 14.9. The summed E-state index contributed by atoms with van der Waals surface area (Å²) in [5.41, 5.74) is 13.2. The van der Waals surface area contributed by atoms with Gasteiger partial charge in [0.2, 0.25) is 0 Å². The zero-order valence-electron chi connectivity index (χ0n) is 23.2. The molecule has 0 N–H and O–H groups in total. The van der Waals surface area contributed by atoms with Gasteiger partial charge in [-0.05, 0) is 150 Å². The number of rotatable bonds is 3. The topological polar surface area (TPSA) is 0 Å². The van der Waals surface area contributed by atoms with Gasteiger partial charge in [-0.2, -0.15) is 0 Å². The summed E-state index contributed by atoms with van der Waals surface area (Å²) in [6.07, 6.45) is 2.84. The van der Waals surface area contributed by atoms with E-state index in [1.54, 1.807) is 44.6 Å². The fraction of sp³-hybridized carbons (Fsp3) is 0.750. The Kier molecular flexibility index (Phi) is 6.26. The third-order valence-electron chi connectivity index (χ3n) is 12.2. The van der Waals surface area contributed by atoms with Crippen molar-refractivity contribution in [2.24, 2.45) is 59.2 Å². The van der Waals surface area contributed by atoms with E-state index in [9.17, 15) is 0 Å². The molecule has 0 aromatic rings. The van der Waals surface area contributed by atoms with Gasteiger partial charge >= 0.3 is 0 Å². The third kappa shape index (κ3) is 3.21. The fourth-order valence-corrected chi connectivity index (χ4v) is 9.24. The van der Waals surface area contributed by atoms with E-state index in [4.69, 9.17) is 0 Å². The van der Waals surface area contributed by atoms with Crippen molar-refractivity contribution in [2.45, 2.75) is 95.9 Å². The van der Waals surface area contributed by atoms with Crippen LogP contribution in [-0.4, -0.2) is 0 Å². The Balaban J connectivity index is 1.61. The van der Waals surface area contributed by atoms with Crippen molar-refractivity contribution in [3.05, 3.63) is 44.6 Å².